The van der Waals surface area contributed by atoms with Gasteiger partial charge in [-0.05, 0) is 92.4 Å². The number of ketones is 1. The van der Waals surface area contributed by atoms with Crippen LogP contribution in [0, 0.1) is 47.3 Å². The van der Waals surface area contributed by atoms with Crippen molar-refractivity contribution in [2.24, 2.45) is 53.1 Å². The summed E-state index contributed by atoms with van der Waals surface area (Å²) in [6.07, 6.45) is 2.53. The Labute approximate surface area is 563 Å². The Bertz CT molecular complexity index is 2870. The van der Waals surface area contributed by atoms with Gasteiger partial charge in [0.15, 0.2) is 5.78 Å². The molecule has 4 rings (SSSR count). The fourth-order valence-electron chi connectivity index (χ4n) is 13.0. The van der Waals surface area contributed by atoms with Gasteiger partial charge in [0.1, 0.15) is 18.7 Å². The number of primary amides is 1. The van der Waals surface area contributed by atoms with E-state index in [1.165, 1.54) is 24.0 Å². The van der Waals surface area contributed by atoms with E-state index < -0.39 is 95.7 Å². The van der Waals surface area contributed by atoms with Crippen LogP contribution >= 0.6 is 0 Å². The maximum Gasteiger partial charge on any atom is 0.410 e. The van der Waals surface area contributed by atoms with Crippen LogP contribution < -0.4 is 32.3 Å². The van der Waals surface area contributed by atoms with Gasteiger partial charge in [-0.2, -0.15) is 0 Å². The summed E-state index contributed by atoms with van der Waals surface area (Å²) in [5.74, 6) is -6.55. The minimum absolute atomic E-state index is 0.0410. The number of nitrogens with one attached hydrogen (secondary N) is 5. The number of methoxy groups -OCH3 is 1. The quantitative estimate of drug-likeness (QED) is 0.0255. The first-order valence-corrected chi connectivity index (χ1v) is 34.2. The predicted octanol–water partition coefficient (Wildman–Crippen LogP) is 7.30. The molecule has 2 saturated heterocycles. The lowest BCUT2D eigenvalue weighted by Crippen LogP contribution is -2.60. The number of unbranched alkanes of at least 4 members (excludes halogenated alkanes) is 2. The molecule has 530 valence electrons. The Morgan fingerprint density at radius 2 is 1.41 bits per heavy atom. The fourth-order valence-corrected chi connectivity index (χ4v) is 13.0. The number of aliphatic hydroxyl groups is 1. The standard InChI is InChI=1S/C71H112N10O14/c1-16-45(8)64(57(94-15)39-60(86)80-36-24-28-55(80)54(40-82)48(11)65(87)74-49(12)47(10)51-25-19-17-20-26-51)78(13)69(91)62(43(4)5)77-67(89)63(44(6)7)79(14)71(93)95-41-50-30-32-53(33-31-50)75-66(88)52(27-23-34-73-70(72)92)38-56(83)61(42(2)3)76-58(84)29-21-18-22-35-81-59(85)37-46(9)68(81)90/h17,19-20,25-26,30-33,42-49,52,54-55,57,61-64,82H,16,18,21-24,27-29,34-41H2,1-15H3,(H,74,87)(H,75,88)(H,76,84)(H,77,89)(H3,72,73,92)/t45-,46?,47+,48+,49+,52+,54+,55-,57+,61-,62-,63-,64-/m0/s1. The zero-order valence-corrected chi connectivity index (χ0v) is 59.1. The van der Waals surface area contributed by atoms with Crippen molar-refractivity contribution in [1.29, 1.82) is 0 Å². The molecule has 2 fully saturated rings. The van der Waals surface area contributed by atoms with Crippen molar-refractivity contribution >= 4 is 70.9 Å². The summed E-state index contributed by atoms with van der Waals surface area (Å²) in [6, 6.07) is 11.5. The first kappa shape index (κ1) is 80.0. The van der Waals surface area contributed by atoms with Crippen LogP contribution in [0.15, 0.2) is 54.6 Å². The molecule has 0 radical (unpaired) electrons. The number of carbonyl (C=O) groups excluding carboxylic acids is 11. The molecular weight excluding hydrogens is 1220 g/mol. The number of nitrogens with zero attached hydrogens (tertiary/aromatic N) is 4. The van der Waals surface area contributed by atoms with Gasteiger partial charge in [-0.15, -0.1) is 0 Å². The maximum absolute atomic E-state index is 14.8. The average molecular weight is 1330 g/mol. The van der Waals surface area contributed by atoms with Crippen molar-refractivity contribution in [2.45, 2.75) is 215 Å². The Balaban J connectivity index is 1.37. The maximum atomic E-state index is 14.8. The van der Waals surface area contributed by atoms with Crippen LogP contribution in [0.1, 0.15) is 177 Å². The lowest BCUT2D eigenvalue weighted by molar-refractivity contribution is -0.147. The molecule has 2 aromatic rings. The van der Waals surface area contributed by atoms with E-state index in [2.05, 4.69) is 33.5 Å². The number of Topliss-reactive ketones (excluding diaryl/α,β-unsaturated/α-hetero) is 1. The monoisotopic (exact) mass is 1330 g/mol. The molecule has 13 atom stereocenters. The van der Waals surface area contributed by atoms with Crippen molar-refractivity contribution in [3.8, 4) is 0 Å². The highest BCUT2D eigenvalue weighted by Crippen LogP contribution is 2.33. The highest BCUT2D eigenvalue weighted by atomic mass is 16.6. The number of anilines is 1. The number of imide groups is 1. The zero-order valence-electron chi connectivity index (χ0n) is 59.1. The van der Waals surface area contributed by atoms with Gasteiger partial charge in [0.25, 0.3) is 0 Å². The largest absolute Gasteiger partial charge is 0.445 e. The van der Waals surface area contributed by atoms with E-state index >= 15 is 0 Å². The van der Waals surface area contributed by atoms with Crippen LogP contribution in [-0.4, -0.2) is 180 Å². The van der Waals surface area contributed by atoms with E-state index in [-0.39, 0.29) is 117 Å². The van der Waals surface area contributed by atoms with Crippen molar-refractivity contribution in [3.05, 3.63) is 65.7 Å². The van der Waals surface area contributed by atoms with Crippen LogP contribution in [0.25, 0.3) is 0 Å². The van der Waals surface area contributed by atoms with E-state index in [0.29, 0.717) is 69.3 Å². The SMILES string of the molecule is CC[C@H](C)[C@@H]([C@@H](CC(=O)N1CCC[C@H]1[C@H](CO)[C@@H](C)C(=O)N[C@H](C)[C@@H](C)c1ccccc1)OC)N(C)C(=O)[C@@H](NC(=O)[C@H](C(C)C)N(C)C(=O)OCc1ccc(NC(=O)[C@H](CCCNC(N)=O)CC(=O)[C@@H](NC(=O)CCCCCN2C(=O)CC(C)C2=O)C(C)C)cc1)C(C)C. The summed E-state index contributed by atoms with van der Waals surface area (Å²) in [5.41, 5.74) is 7.29. The van der Waals surface area contributed by atoms with Crippen molar-refractivity contribution in [2.75, 3.05) is 52.8 Å². The molecule has 0 saturated carbocycles. The topological polar surface area (TPSA) is 326 Å². The summed E-state index contributed by atoms with van der Waals surface area (Å²) in [6.45, 7) is 22.6. The van der Waals surface area contributed by atoms with Crippen LogP contribution in [0.4, 0.5) is 15.3 Å². The summed E-state index contributed by atoms with van der Waals surface area (Å²) in [5, 5.41) is 25.1. The van der Waals surface area contributed by atoms with Gasteiger partial charge >= 0.3 is 12.1 Å². The molecule has 2 aliphatic heterocycles. The minimum atomic E-state index is -1.08. The Hall–Kier alpha value is -7.47. The molecule has 0 aromatic heterocycles. The Kier molecular flexibility index (Phi) is 32.8. The minimum Gasteiger partial charge on any atom is -0.445 e. The van der Waals surface area contributed by atoms with Gasteiger partial charge in [0, 0.05) is 114 Å². The van der Waals surface area contributed by atoms with E-state index in [0.717, 1.165) is 5.56 Å². The lowest BCUT2D eigenvalue weighted by Gasteiger charge is -2.41. The molecule has 0 bridgehead atoms. The number of aliphatic hydroxyl groups excluding tert-OH is 1. The third-order valence-electron chi connectivity index (χ3n) is 19.3. The van der Waals surface area contributed by atoms with Gasteiger partial charge in [-0.3, -0.25) is 53.0 Å². The number of carbonyl (C=O) groups is 11. The van der Waals surface area contributed by atoms with Crippen LogP contribution in [0.3, 0.4) is 0 Å². The molecular formula is C71H112N10O14. The normalized spacial score (nSPS) is 18.3. The Morgan fingerprint density at radius 1 is 0.758 bits per heavy atom. The molecule has 2 aliphatic rings. The van der Waals surface area contributed by atoms with Crippen LogP contribution in [0.5, 0.6) is 0 Å². The second-order valence-corrected chi connectivity index (χ2v) is 27.4. The average Bonchev–Trinajstić information content (AvgIpc) is 1.78. The molecule has 24 nitrogen and oxygen atoms in total. The first-order valence-electron chi connectivity index (χ1n) is 34.2. The van der Waals surface area contributed by atoms with Crippen molar-refractivity contribution < 1.29 is 67.3 Å². The van der Waals surface area contributed by atoms with Gasteiger partial charge in [-0.25, -0.2) is 9.59 Å². The number of amides is 11. The number of likely N-dealkylation sites (N-methyl/N-ethyl adjacent to an activating group) is 2. The number of nitrogens with two attached hydrogens (primary N) is 1. The number of urea groups is 1. The molecule has 2 heterocycles. The number of ether oxygens (including phenoxy) is 2. The van der Waals surface area contributed by atoms with E-state index in [1.54, 1.807) is 82.7 Å². The molecule has 0 spiro atoms. The predicted molar refractivity (Wildman–Crippen MR) is 362 cm³/mol. The molecule has 2 aromatic carbocycles. The number of rotatable bonds is 39. The second-order valence-electron chi connectivity index (χ2n) is 27.4. The smallest absolute Gasteiger partial charge is 0.410 e. The molecule has 24 heteroatoms. The molecule has 95 heavy (non-hydrogen) atoms. The van der Waals surface area contributed by atoms with Gasteiger partial charge in [-0.1, -0.05) is 131 Å². The number of likely N-dealkylation sites (tertiary alicyclic amines) is 2. The molecule has 11 amide bonds. The van der Waals surface area contributed by atoms with E-state index in [4.69, 9.17) is 15.2 Å². The molecule has 8 N–H and O–H groups in total. The van der Waals surface area contributed by atoms with Crippen LogP contribution in [0.2, 0.25) is 0 Å². The van der Waals surface area contributed by atoms with Gasteiger partial charge in [0.05, 0.1) is 24.6 Å². The second kappa shape index (κ2) is 38.9. The highest BCUT2D eigenvalue weighted by molar-refractivity contribution is 6.03. The lowest BCUT2D eigenvalue weighted by atomic mass is 9.84. The highest BCUT2D eigenvalue weighted by Gasteiger charge is 2.44. The first-order chi connectivity index (χ1) is 44.9. The summed E-state index contributed by atoms with van der Waals surface area (Å²) >= 11 is 0. The van der Waals surface area contributed by atoms with Crippen molar-refractivity contribution in [3.63, 3.8) is 0 Å². The third-order valence-corrected chi connectivity index (χ3v) is 19.3. The number of hydrogen-bond acceptors (Lipinski definition) is 14. The van der Waals surface area contributed by atoms with E-state index in [1.807, 2.05) is 65.0 Å². The van der Waals surface area contributed by atoms with E-state index in [9.17, 15) is 57.8 Å². The fraction of sp³-hybridized carbons (Fsp3) is 0.676. The Morgan fingerprint density at radius 3 is 1.98 bits per heavy atom. The third kappa shape index (κ3) is 23.4. The van der Waals surface area contributed by atoms with Crippen molar-refractivity contribution in [1.82, 2.24) is 40.9 Å². The summed E-state index contributed by atoms with van der Waals surface area (Å²) < 4.78 is 11.8. The van der Waals surface area contributed by atoms with Gasteiger partial charge < -0.3 is 56.7 Å². The number of hydrogen-bond donors (Lipinski definition) is 7. The zero-order chi connectivity index (χ0) is 71.0. The molecule has 1 unspecified atom stereocenters. The summed E-state index contributed by atoms with van der Waals surface area (Å²) in [4.78, 5) is 154. The van der Waals surface area contributed by atoms with Gasteiger partial charge in [0.2, 0.25) is 47.3 Å². The van der Waals surface area contributed by atoms with Crippen LogP contribution in [-0.2, 0) is 59.2 Å². The molecule has 0 aliphatic carbocycles. The number of benzene rings is 2. The summed E-state index contributed by atoms with van der Waals surface area (Å²) in [7, 11) is 4.59.